The lowest BCUT2D eigenvalue weighted by molar-refractivity contribution is -0.135. The molecule has 6 nitrogen and oxygen atoms in total. The molecule has 33 heavy (non-hydrogen) atoms. The second-order valence-electron chi connectivity index (χ2n) is 9.12. The van der Waals surface area contributed by atoms with Gasteiger partial charge in [-0.05, 0) is 68.6 Å². The van der Waals surface area contributed by atoms with Gasteiger partial charge in [-0.15, -0.1) is 0 Å². The van der Waals surface area contributed by atoms with Crippen molar-refractivity contribution in [2.75, 3.05) is 38.1 Å². The van der Waals surface area contributed by atoms with E-state index in [0.29, 0.717) is 26.1 Å². The minimum Gasteiger partial charge on any atom is -0.493 e. The lowest BCUT2D eigenvalue weighted by Crippen LogP contribution is -2.44. The van der Waals surface area contributed by atoms with Crippen LogP contribution in [0.3, 0.4) is 0 Å². The zero-order valence-corrected chi connectivity index (χ0v) is 19.4. The van der Waals surface area contributed by atoms with Gasteiger partial charge in [-0.1, -0.05) is 36.8 Å². The Bertz CT molecular complexity index is 912. The summed E-state index contributed by atoms with van der Waals surface area (Å²) in [6.45, 7) is 4.76. The number of benzene rings is 2. The van der Waals surface area contributed by atoms with Gasteiger partial charge in [0.05, 0.1) is 18.9 Å². The van der Waals surface area contributed by atoms with Crippen LogP contribution in [0.25, 0.3) is 0 Å². The van der Waals surface area contributed by atoms with Crippen LogP contribution in [0.4, 0.5) is 5.69 Å². The van der Waals surface area contributed by atoms with E-state index in [-0.39, 0.29) is 17.7 Å². The molecule has 2 heterocycles. The summed E-state index contributed by atoms with van der Waals surface area (Å²) in [5, 5.41) is 3.09. The molecule has 176 valence electrons. The summed E-state index contributed by atoms with van der Waals surface area (Å²) in [5.41, 5.74) is 2.07. The summed E-state index contributed by atoms with van der Waals surface area (Å²) < 4.78 is 5.66. The first-order valence-corrected chi connectivity index (χ1v) is 12.3. The van der Waals surface area contributed by atoms with E-state index in [4.69, 9.17) is 4.74 Å². The molecular weight excluding hydrogens is 414 g/mol. The van der Waals surface area contributed by atoms with Crippen LogP contribution in [0, 0.1) is 5.92 Å². The van der Waals surface area contributed by atoms with Crippen LogP contribution in [-0.4, -0.2) is 54.4 Å². The predicted molar refractivity (Wildman–Crippen MR) is 130 cm³/mol. The van der Waals surface area contributed by atoms with Crippen molar-refractivity contribution in [2.45, 2.75) is 45.1 Å². The van der Waals surface area contributed by atoms with Crippen LogP contribution in [0.15, 0.2) is 54.6 Å². The number of ether oxygens (including phenoxy) is 1. The highest BCUT2D eigenvalue weighted by Crippen LogP contribution is 2.21. The van der Waals surface area contributed by atoms with Crippen LogP contribution in [0.5, 0.6) is 5.75 Å². The third-order valence-corrected chi connectivity index (χ3v) is 6.52. The molecule has 1 N–H and O–H groups in total. The maximum Gasteiger partial charge on any atom is 0.229 e. The molecule has 1 unspecified atom stereocenters. The van der Waals surface area contributed by atoms with Gasteiger partial charge >= 0.3 is 0 Å². The normalized spacial score (nSPS) is 19.2. The molecule has 4 rings (SSSR count). The quantitative estimate of drug-likeness (QED) is 0.652. The summed E-state index contributed by atoms with van der Waals surface area (Å²) in [6.07, 6.45) is 5.84. The fourth-order valence-corrected chi connectivity index (χ4v) is 4.72. The van der Waals surface area contributed by atoms with E-state index in [2.05, 4.69) is 22.3 Å². The zero-order valence-electron chi connectivity index (χ0n) is 19.4. The lowest BCUT2D eigenvalue weighted by atomic mass is 9.96. The maximum atomic E-state index is 13.0. The largest absolute Gasteiger partial charge is 0.493 e. The molecule has 0 bridgehead atoms. The molecule has 1 atom stereocenters. The second-order valence-corrected chi connectivity index (χ2v) is 9.12. The molecule has 6 heteroatoms. The van der Waals surface area contributed by atoms with Crippen molar-refractivity contribution in [3.8, 4) is 5.75 Å². The Morgan fingerprint density at radius 3 is 2.58 bits per heavy atom. The van der Waals surface area contributed by atoms with E-state index < -0.39 is 0 Å². The molecule has 2 amide bonds. The van der Waals surface area contributed by atoms with Crippen molar-refractivity contribution in [3.63, 3.8) is 0 Å². The molecule has 0 saturated carbocycles. The van der Waals surface area contributed by atoms with Crippen molar-refractivity contribution in [1.82, 2.24) is 9.80 Å². The summed E-state index contributed by atoms with van der Waals surface area (Å²) >= 11 is 0. The third-order valence-electron chi connectivity index (χ3n) is 6.52. The molecule has 0 aliphatic carbocycles. The number of carbonyl (C=O) groups is 2. The average molecular weight is 450 g/mol. The van der Waals surface area contributed by atoms with Crippen molar-refractivity contribution in [3.05, 3.63) is 60.2 Å². The first kappa shape index (κ1) is 23.3. The first-order chi connectivity index (χ1) is 16.2. The predicted octanol–water partition coefficient (Wildman–Crippen LogP) is 4.32. The molecule has 2 aliphatic heterocycles. The number of para-hydroxylation sites is 1. The fourth-order valence-electron chi connectivity index (χ4n) is 4.72. The van der Waals surface area contributed by atoms with E-state index in [1.165, 1.54) is 24.8 Å². The number of rotatable bonds is 8. The molecule has 2 aliphatic rings. The monoisotopic (exact) mass is 449 g/mol. The Labute approximate surface area is 196 Å². The van der Waals surface area contributed by atoms with E-state index in [9.17, 15) is 9.59 Å². The minimum atomic E-state index is -0.177. The smallest absolute Gasteiger partial charge is 0.229 e. The SMILES string of the molecule is O=C(Nc1cccc(CN2CCCCC2)c1)C1CCCN(C(=O)CCOc2ccccc2)C1. The van der Waals surface area contributed by atoms with Gasteiger partial charge in [0.15, 0.2) is 0 Å². The van der Waals surface area contributed by atoms with Gasteiger partial charge in [-0.2, -0.15) is 0 Å². The Kier molecular flexibility index (Phi) is 8.36. The molecule has 0 spiro atoms. The number of carbonyl (C=O) groups excluding carboxylic acids is 2. The zero-order chi connectivity index (χ0) is 22.9. The molecule has 2 aromatic carbocycles. The Hall–Kier alpha value is -2.86. The molecule has 0 radical (unpaired) electrons. The Morgan fingerprint density at radius 1 is 0.939 bits per heavy atom. The second kappa shape index (κ2) is 11.8. The highest BCUT2D eigenvalue weighted by atomic mass is 16.5. The molecular formula is C27H35N3O3. The maximum absolute atomic E-state index is 13.0. The van der Waals surface area contributed by atoms with Crippen LogP contribution in [-0.2, 0) is 16.1 Å². The minimum absolute atomic E-state index is 0.00292. The van der Waals surface area contributed by atoms with Gasteiger partial charge in [-0.25, -0.2) is 0 Å². The highest BCUT2D eigenvalue weighted by molar-refractivity contribution is 5.93. The fraction of sp³-hybridized carbons (Fsp3) is 0.481. The number of piperidine rings is 2. The van der Waals surface area contributed by atoms with Crippen molar-refractivity contribution >= 4 is 17.5 Å². The highest BCUT2D eigenvalue weighted by Gasteiger charge is 2.28. The summed E-state index contributed by atoms with van der Waals surface area (Å²) in [4.78, 5) is 29.9. The first-order valence-electron chi connectivity index (χ1n) is 12.3. The standard InChI is InChI=1S/C27H35N3O3/c31-26(14-18-33-25-12-3-1-4-13-25)30-17-8-10-23(21-30)27(32)28-24-11-7-9-22(19-24)20-29-15-5-2-6-16-29/h1,3-4,7,9,11-13,19,23H,2,5-6,8,10,14-18,20-21H2,(H,28,32). The van der Waals surface area contributed by atoms with Crippen molar-refractivity contribution in [1.29, 1.82) is 0 Å². The Balaban J connectivity index is 1.25. The average Bonchev–Trinajstić information content (AvgIpc) is 2.85. The van der Waals surface area contributed by atoms with Gasteiger partial charge in [0.1, 0.15) is 5.75 Å². The van der Waals surface area contributed by atoms with Crippen LogP contribution < -0.4 is 10.1 Å². The molecule has 2 fully saturated rings. The summed E-state index contributed by atoms with van der Waals surface area (Å²) in [6, 6.07) is 17.7. The third kappa shape index (κ3) is 7.06. The number of nitrogens with one attached hydrogen (secondary N) is 1. The van der Waals surface area contributed by atoms with Gasteiger partial charge < -0.3 is 15.0 Å². The topological polar surface area (TPSA) is 61.9 Å². The Morgan fingerprint density at radius 2 is 1.76 bits per heavy atom. The number of likely N-dealkylation sites (tertiary alicyclic amines) is 2. The molecule has 2 saturated heterocycles. The number of hydrogen-bond acceptors (Lipinski definition) is 4. The van der Waals surface area contributed by atoms with Crippen LogP contribution in [0.1, 0.15) is 44.1 Å². The van der Waals surface area contributed by atoms with E-state index in [1.807, 2.05) is 47.4 Å². The van der Waals surface area contributed by atoms with Crippen LogP contribution >= 0.6 is 0 Å². The van der Waals surface area contributed by atoms with Gasteiger partial charge in [0.25, 0.3) is 0 Å². The summed E-state index contributed by atoms with van der Waals surface area (Å²) in [7, 11) is 0. The number of hydrogen-bond donors (Lipinski definition) is 1. The van der Waals surface area contributed by atoms with E-state index in [0.717, 1.165) is 43.9 Å². The molecule has 2 aromatic rings. The van der Waals surface area contributed by atoms with E-state index in [1.54, 1.807) is 0 Å². The molecule has 0 aromatic heterocycles. The number of anilines is 1. The number of nitrogens with zero attached hydrogens (tertiary/aromatic N) is 2. The van der Waals surface area contributed by atoms with Crippen molar-refractivity contribution in [2.24, 2.45) is 5.92 Å². The summed E-state index contributed by atoms with van der Waals surface area (Å²) in [5.74, 6) is 0.641. The number of amides is 2. The van der Waals surface area contributed by atoms with Crippen LogP contribution in [0.2, 0.25) is 0 Å². The lowest BCUT2D eigenvalue weighted by Gasteiger charge is -2.32. The van der Waals surface area contributed by atoms with Gasteiger partial charge in [-0.3, -0.25) is 14.5 Å². The van der Waals surface area contributed by atoms with Gasteiger partial charge in [0, 0.05) is 25.3 Å². The van der Waals surface area contributed by atoms with E-state index >= 15 is 0 Å². The van der Waals surface area contributed by atoms with Gasteiger partial charge in [0.2, 0.25) is 11.8 Å². The van der Waals surface area contributed by atoms with Crippen molar-refractivity contribution < 1.29 is 14.3 Å².